The second-order valence-electron chi connectivity index (χ2n) is 4.52. The fraction of sp³-hybridized carbons (Fsp3) is 0.118. The molecule has 2 aromatic rings. The van der Waals surface area contributed by atoms with Gasteiger partial charge < -0.3 is 14.9 Å². The molecule has 0 saturated carbocycles. The minimum Gasteiger partial charge on any atom is -0.490 e. The first-order valence-electron chi connectivity index (χ1n) is 7.03. The van der Waals surface area contributed by atoms with Crippen molar-refractivity contribution in [2.45, 2.75) is 0 Å². The van der Waals surface area contributed by atoms with Crippen molar-refractivity contribution in [3.63, 3.8) is 0 Å². The normalized spacial score (nSPS) is 10.2. The summed E-state index contributed by atoms with van der Waals surface area (Å²) in [5, 5.41) is 15.3. The number of anilines is 1. The van der Waals surface area contributed by atoms with E-state index in [-0.39, 0.29) is 13.2 Å². The molecule has 0 aliphatic heterocycles. The van der Waals surface area contributed by atoms with Gasteiger partial charge in [0.05, 0.1) is 22.3 Å². The highest BCUT2D eigenvalue weighted by Gasteiger charge is 2.02. The Morgan fingerprint density at radius 2 is 1.96 bits per heavy atom. The first-order valence-corrected chi connectivity index (χ1v) is 7.40. The molecule has 0 unspecified atom stereocenters. The smallest absolute Gasteiger partial charge is 0.270 e. The highest BCUT2D eigenvalue weighted by Crippen LogP contribution is 2.19. The van der Waals surface area contributed by atoms with E-state index in [1.54, 1.807) is 48.5 Å². The minimum absolute atomic E-state index is 0.176. The molecule has 122 valence electrons. The topological polar surface area (TPSA) is 83.7 Å². The Balaban J connectivity index is 1.66. The van der Waals surface area contributed by atoms with Crippen LogP contribution in [0, 0.1) is 11.3 Å². The zero-order valence-electron chi connectivity index (χ0n) is 12.6. The Kier molecular flexibility index (Phi) is 6.62. The fourth-order valence-corrected chi connectivity index (χ4v) is 1.87. The molecule has 0 atom stereocenters. The molecule has 1 amide bonds. The number of ether oxygens (including phenoxy) is 1. The highest BCUT2D eigenvalue weighted by atomic mass is 35.5. The number of benzene rings is 2. The molecule has 0 fully saturated rings. The van der Waals surface area contributed by atoms with E-state index < -0.39 is 5.91 Å². The number of oxime groups is 1. The second kappa shape index (κ2) is 9.18. The van der Waals surface area contributed by atoms with E-state index in [2.05, 4.69) is 10.5 Å². The number of nitrogens with one attached hydrogen (secondary N) is 1. The summed E-state index contributed by atoms with van der Waals surface area (Å²) in [6.07, 6.45) is 1.02. The molecule has 0 aromatic heterocycles. The molecular formula is C17H14ClN3O3. The maximum Gasteiger partial charge on any atom is 0.270 e. The standard InChI is InChI=1S/C17H14ClN3O3/c18-15-3-1-2-4-16(15)21-17(22)12-20-24-10-9-23-14-7-5-13(11-19)6-8-14/h1-8,12H,9-10H2,(H,21,22). The zero-order valence-corrected chi connectivity index (χ0v) is 13.4. The lowest BCUT2D eigenvalue weighted by atomic mass is 10.2. The molecule has 0 spiro atoms. The van der Waals surface area contributed by atoms with Gasteiger partial charge in [0.15, 0.2) is 6.61 Å². The van der Waals surface area contributed by atoms with Gasteiger partial charge in [-0.1, -0.05) is 28.9 Å². The Labute approximate surface area is 144 Å². The summed E-state index contributed by atoms with van der Waals surface area (Å²) in [5.74, 6) is 0.175. The van der Waals surface area contributed by atoms with Crippen LogP contribution < -0.4 is 10.1 Å². The van der Waals surface area contributed by atoms with E-state index in [4.69, 9.17) is 26.4 Å². The third kappa shape index (κ3) is 5.63. The minimum atomic E-state index is -0.448. The van der Waals surface area contributed by atoms with Gasteiger partial charge in [0.2, 0.25) is 0 Å². The van der Waals surface area contributed by atoms with Crippen molar-refractivity contribution in [1.82, 2.24) is 0 Å². The number of hydrogen-bond donors (Lipinski definition) is 1. The molecular weight excluding hydrogens is 330 g/mol. The van der Waals surface area contributed by atoms with Crippen molar-refractivity contribution in [3.05, 3.63) is 59.1 Å². The van der Waals surface area contributed by atoms with Gasteiger partial charge in [-0.05, 0) is 36.4 Å². The first kappa shape index (κ1) is 17.3. The molecule has 24 heavy (non-hydrogen) atoms. The molecule has 2 aromatic carbocycles. The van der Waals surface area contributed by atoms with Crippen LogP contribution in [0.25, 0.3) is 0 Å². The molecule has 1 N–H and O–H groups in total. The van der Waals surface area contributed by atoms with Crippen molar-refractivity contribution in [1.29, 1.82) is 5.26 Å². The number of carbonyl (C=O) groups excluding carboxylic acids is 1. The lowest BCUT2D eigenvalue weighted by Gasteiger charge is -2.05. The van der Waals surface area contributed by atoms with Crippen LogP contribution in [0.2, 0.25) is 5.02 Å². The Bertz CT molecular complexity index is 754. The first-order chi connectivity index (χ1) is 11.7. The summed E-state index contributed by atoms with van der Waals surface area (Å²) in [6, 6.07) is 15.6. The molecule has 0 radical (unpaired) electrons. The molecule has 0 aliphatic rings. The molecule has 7 heteroatoms. The number of halogens is 1. The Hall–Kier alpha value is -3.04. The van der Waals surface area contributed by atoms with Crippen molar-refractivity contribution in [2.75, 3.05) is 18.5 Å². The SMILES string of the molecule is N#Cc1ccc(OCCON=CC(=O)Nc2ccccc2Cl)cc1. The zero-order chi connectivity index (χ0) is 17.2. The van der Waals surface area contributed by atoms with Gasteiger partial charge in [0, 0.05) is 0 Å². The number of nitriles is 1. The van der Waals surface area contributed by atoms with E-state index in [1.807, 2.05) is 6.07 Å². The van der Waals surface area contributed by atoms with Crippen molar-refractivity contribution >= 4 is 29.4 Å². The van der Waals surface area contributed by atoms with Crippen molar-refractivity contribution in [2.24, 2.45) is 5.16 Å². The lowest BCUT2D eigenvalue weighted by molar-refractivity contribution is -0.110. The van der Waals surface area contributed by atoms with Crippen LogP contribution in [0.4, 0.5) is 5.69 Å². The second-order valence-corrected chi connectivity index (χ2v) is 4.93. The van der Waals surface area contributed by atoms with Crippen molar-refractivity contribution in [3.8, 4) is 11.8 Å². The fourth-order valence-electron chi connectivity index (χ4n) is 1.69. The predicted octanol–water partition coefficient (Wildman–Crippen LogP) is 3.23. The van der Waals surface area contributed by atoms with Crippen LogP contribution in [0.1, 0.15) is 5.56 Å². The molecule has 6 nitrogen and oxygen atoms in total. The molecule has 0 saturated heterocycles. The van der Waals surface area contributed by atoms with Gasteiger partial charge >= 0.3 is 0 Å². The Morgan fingerprint density at radius 1 is 1.21 bits per heavy atom. The number of nitrogens with zero attached hydrogens (tertiary/aromatic N) is 2. The number of amides is 1. The van der Waals surface area contributed by atoms with E-state index in [9.17, 15) is 4.79 Å². The van der Waals surface area contributed by atoms with Crippen LogP contribution >= 0.6 is 11.6 Å². The Morgan fingerprint density at radius 3 is 2.67 bits per heavy atom. The molecule has 0 heterocycles. The third-order valence-electron chi connectivity index (χ3n) is 2.80. The monoisotopic (exact) mass is 343 g/mol. The van der Waals surface area contributed by atoms with Crippen LogP contribution in [-0.4, -0.2) is 25.3 Å². The van der Waals surface area contributed by atoms with E-state index in [0.717, 1.165) is 6.21 Å². The summed E-state index contributed by atoms with van der Waals surface area (Å²) < 4.78 is 5.40. The van der Waals surface area contributed by atoms with Gasteiger partial charge in [0.1, 0.15) is 18.6 Å². The number of para-hydroxylation sites is 1. The van der Waals surface area contributed by atoms with E-state index >= 15 is 0 Å². The van der Waals surface area contributed by atoms with Crippen LogP contribution in [0.15, 0.2) is 53.7 Å². The van der Waals surface area contributed by atoms with Crippen LogP contribution in [-0.2, 0) is 9.63 Å². The third-order valence-corrected chi connectivity index (χ3v) is 3.13. The predicted molar refractivity (Wildman–Crippen MR) is 91.2 cm³/mol. The largest absolute Gasteiger partial charge is 0.490 e. The summed E-state index contributed by atoms with van der Waals surface area (Å²) in [4.78, 5) is 16.6. The maximum absolute atomic E-state index is 11.6. The summed E-state index contributed by atoms with van der Waals surface area (Å²) in [6.45, 7) is 0.436. The summed E-state index contributed by atoms with van der Waals surface area (Å²) >= 11 is 5.92. The van der Waals surface area contributed by atoms with Gasteiger partial charge in [-0.2, -0.15) is 5.26 Å². The van der Waals surface area contributed by atoms with E-state index in [0.29, 0.717) is 22.0 Å². The number of hydrogen-bond acceptors (Lipinski definition) is 5. The van der Waals surface area contributed by atoms with Crippen LogP contribution in [0.5, 0.6) is 5.75 Å². The quantitative estimate of drug-likeness (QED) is 0.475. The van der Waals surface area contributed by atoms with Crippen molar-refractivity contribution < 1.29 is 14.4 Å². The van der Waals surface area contributed by atoms with Gasteiger partial charge in [-0.15, -0.1) is 0 Å². The molecule has 2 rings (SSSR count). The van der Waals surface area contributed by atoms with Gasteiger partial charge in [-0.25, -0.2) is 0 Å². The van der Waals surface area contributed by atoms with Gasteiger partial charge in [-0.3, -0.25) is 4.79 Å². The lowest BCUT2D eigenvalue weighted by Crippen LogP contribution is -2.13. The van der Waals surface area contributed by atoms with Crippen LogP contribution in [0.3, 0.4) is 0 Å². The molecule has 0 bridgehead atoms. The summed E-state index contributed by atoms with van der Waals surface area (Å²) in [5.41, 5.74) is 1.06. The maximum atomic E-state index is 11.6. The van der Waals surface area contributed by atoms with E-state index in [1.165, 1.54) is 0 Å². The average molecular weight is 344 g/mol. The highest BCUT2D eigenvalue weighted by molar-refractivity contribution is 6.36. The number of rotatable bonds is 7. The average Bonchev–Trinajstić information content (AvgIpc) is 2.60. The summed E-state index contributed by atoms with van der Waals surface area (Å²) in [7, 11) is 0. The number of carbonyl (C=O) groups is 1. The van der Waals surface area contributed by atoms with Gasteiger partial charge in [0.25, 0.3) is 5.91 Å². The molecule has 0 aliphatic carbocycles.